The molecule has 51 heavy (non-hydrogen) atoms. The standard InChI is InChI=1S/C37H65NO13/c1-3-5-6-7-8-9-10-11-12-13-14-15-16-17-18-19-20-21-26(41)25(38-29(42)4-2)24-48-36-34(47)32(45)35(28(23-40)50-36)51-37-33(46)31(44)30(43)27(22-39)49-37/h12-13,16-17,20-21,25-28,30-37,39-41,43-47H,3-11,14-15,18-19,22-24H2,1-2H3,(H,38,42)/b13-12+,17-16+,21-20+. The highest BCUT2D eigenvalue weighted by Gasteiger charge is 2.50. The highest BCUT2D eigenvalue weighted by atomic mass is 16.7. The van der Waals surface area contributed by atoms with Crippen LogP contribution in [0.25, 0.3) is 0 Å². The van der Waals surface area contributed by atoms with Gasteiger partial charge in [-0.15, -0.1) is 0 Å². The fraction of sp³-hybridized carbons (Fsp3) is 0.811. The van der Waals surface area contributed by atoms with Gasteiger partial charge in [-0.3, -0.25) is 4.79 Å². The number of carbonyl (C=O) groups excluding carboxylic acids is 1. The minimum absolute atomic E-state index is 0.150. The third kappa shape index (κ3) is 16.0. The van der Waals surface area contributed by atoms with E-state index in [9.17, 15) is 45.6 Å². The average Bonchev–Trinajstić information content (AvgIpc) is 3.13. The van der Waals surface area contributed by atoms with Gasteiger partial charge in [0.15, 0.2) is 12.6 Å². The molecule has 2 saturated heterocycles. The van der Waals surface area contributed by atoms with Gasteiger partial charge in [-0.1, -0.05) is 88.8 Å². The molecule has 2 rings (SSSR count). The van der Waals surface area contributed by atoms with Crippen molar-refractivity contribution < 1.29 is 64.6 Å². The molecule has 14 nitrogen and oxygen atoms in total. The maximum Gasteiger partial charge on any atom is 0.220 e. The van der Waals surface area contributed by atoms with Crippen LogP contribution in [0.3, 0.4) is 0 Å². The summed E-state index contributed by atoms with van der Waals surface area (Å²) in [5.74, 6) is -0.346. The fourth-order valence-electron chi connectivity index (χ4n) is 5.87. The number of nitrogens with one attached hydrogen (secondary N) is 1. The topological polar surface area (TPSA) is 228 Å². The monoisotopic (exact) mass is 731 g/mol. The van der Waals surface area contributed by atoms with Gasteiger partial charge in [-0.2, -0.15) is 0 Å². The molecule has 0 radical (unpaired) electrons. The van der Waals surface area contributed by atoms with Crippen LogP contribution >= 0.6 is 0 Å². The van der Waals surface area contributed by atoms with Crippen LogP contribution in [0.4, 0.5) is 0 Å². The Bertz CT molecular complexity index is 1010. The van der Waals surface area contributed by atoms with Crippen LogP contribution in [0.5, 0.6) is 0 Å². The molecular formula is C37H65NO13. The Labute approximate surface area is 302 Å². The number of aliphatic hydroxyl groups excluding tert-OH is 8. The summed E-state index contributed by atoms with van der Waals surface area (Å²) in [6.45, 7) is 2.13. The Hall–Kier alpha value is -1.79. The van der Waals surface area contributed by atoms with Crippen molar-refractivity contribution in [3.05, 3.63) is 36.5 Å². The van der Waals surface area contributed by atoms with Crippen molar-refractivity contribution in [1.29, 1.82) is 0 Å². The third-order valence-electron chi connectivity index (χ3n) is 9.12. The maximum absolute atomic E-state index is 12.2. The lowest BCUT2D eigenvalue weighted by Gasteiger charge is -2.46. The zero-order valence-electron chi connectivity index (χ0n) is 30.3. The summed E-state index contributed by atoms with van der Waals surface area (Å²) in [4.78, 5) is 12.2. The molecule has 12 atom stereocenters. The van der Waals surface area contributed by atoms with Gasteiger partial charge >= 0.3 is 0 Å². The molecule has 1 amide bonds. The fourth-order valence-corrected chi connectivity index (χ4v) is 5.87. The highest BCUT2D eigenvalue weighted by molar-refractivity contribution is 5.75. The first-order chi connectivity index (χ1) is 24.6. The van der Waals surface area contributed by atoms with Crippen LogP contribution in [-0.2, 0) is 23.7 Å². The maximum atomic E-state index is 12.2. The van der Waals surface area contributed by atoms with Gasteiger partial charge in [0.1, 0.15) is 48.8 Å². The molecule has 296 valence electrons. The van der Waals surface area contributed by atoms with Crippen molar-refractivity contribution in [2.75, 3.05) is 19.8 Å². The molecule has 2 aliphatic rings. The number of amides is 1. The van der Waals surface area contributed by atoms with Crippen LogP contribution in [-0.4, -0.2) is 140 Å². The molecule has 0 bridgehead atoms. The van der Waals surface area contributed by atoms with E-state index < -0.39 is 86.8 Å². The molecule has 0 aromatic carbocycles. The number of ether oxygens (including phenoxy) is 4. The van der Waals surface area contributed by atoms with Gasteiger partial charge in [0.25, 0.3) is 0 Å². The number of allylic oxidation sites excluding steroid dienone is 5. The number of rotatable bonds is 25. The van der Waals surface area contributed by atoms with Gasteiger partial charge in [-0.25, -0.2) is 0 Å². The number of hydrogen-bond acceptors (Lipinski definition) is 13. The van der Waals surface area contributed by atoms with Gasteiger partial charge < -0.3 is 65.1 Å². The molecule has 2 aliphatic heterocycles. The molecule has 0 aromatic rings. The van der Waals surface area contributed by atoms with Crippen LogP contribution in [0.1, 0.15) is 97.3 Å². The summed E-state index contributed by atoms with van der Waals surface area (Å²) >= 11 is 0. The van der Waals surface area contributed by atoms with Crippen LogP contribution in [0, 0.1) is 0 Å². The second kappa shape index (κ2) is 26.1. The van der Waals surface area contributed by atoms with Crippen LogP contribution < -0.4 is 5.32 Å². The number of carbonyl (C=O) groups is 1. The lowest BCUT2D eigenvalue weighted by molar-refractivity contribution is -0.359. The lowest BCUT2D eigenvalue weighted by atomic mass is 9.97. The molecule has 0 saturated carbocycles. The molecule has 14 heteroatoms. The third-order valence-corrected chi connectivity index (χ3v) is 9.12. The minimum Gasteiger partial charge on any atom is -0.394 e. The summed E-state index contributed by atoms with van der Waals surface area (Å²) in [6, 6.07) is -0.930. The minimum atomic E-state index is -1.79. The zero-order valence-corrected chi connectivity index (χ0v) is 30.3. The largest absolute Gasteiger partial charge is 0.394 e. The summed E-state index contributed by atoms with van der Waals surface area (Å²) in [5, 5.41) is 84.9. The second-order valence-electron chi connectivity index (χ2n) is 13.3. The molecule has 2 fully saturated rings. The molecular weight excluding hydrogens is 666 g/mol. The summed E-state index contributed by atoms with van der Waals surface area (Å²) in [7, 11) is 0. The Morgan fingerprint density at radius 3 is 1.84 bits per heavy atom. The van der Waals surface area contributed by atoms with Gasteiger partial charge in [0.05, 0.1) is 32.0 Å². The number of hydrogen-bond donors (Lipinski definition) is 9. The van der Waals surface area contributed by atoms with E-state index in [1.165, 1.54) is 44.9 Å². The van der Waals surface area contributed by atoms with Gasteiger partial charge in [-0.05, 0) is 38.5 Å². The van der Waals surface area contributed by atoms with Gasteiger partial charge in [0, 0.05) is 6.42 Å². The van der Waals surface area contributed by atoms with Crippen LogP contribution in [0.15, 0.2) is 36.5 Å². The van der Waals surface area contributed by atoms with E-state index in [4.69, 9.17) is 18.9 Å². The Kier molecular flexibility index (Phi) is 23.2. The van der Waals surface area contributed by atoms with Crippen LogP contribution in [0.2, 0.25) is 0 Å². The summed E-state index contributed by atoms with van der Waals surface area (Å²) < 4.78 is 22.2. The molecule has 0 aromatic heterocycles. The molecule has 0 spiro atoms. The average molecular weight is 732 g/mol. The van der Waals surface area contributed by atoms with E-state index in [1.54, 1.807) is 19.1 Å². The predicted octanol–water partition coefficient (Wildman–Crippen LogP) is 1.25. The quantitative estimate of drug-likeness (QED) is 0.0477. The van der Waals surface area contributed by atoms with E-state index in [1.807, 2.05) is 0 Å². The SMILES string of the molecule is CCCCCCCCC/C=C/CC/C=C/CC/C=C/C(O)C(COC1OC(CO)C(OC2OC(CO)C(O)C(O)C2O)C(O)C1O)NC(=O)CC. The summed E-state index contributed by atoms with van der Waals surface area (Å²) in [6.07, 6.45) is 8.97. The molecule has 9 N–H and O–H groups in total. The number of unbranched alkanes of at least 4 members (excludes halogenated alkanes) is 9. The Balaban J connectivity index is 1.81. The first-order valence-corrected chi connectivity index (χ1v) is 18.7. The Morgan fingerprint density at radius 2 is 1.24 bits per heavy atom. The first kappa shape index (κ1) is 45.4. The highest BCUT2D eigenvalue weighted by Crippen LogP contribution is 2.29. The van der Waals surface area contributed by atoms with Gasteiger partial charge in [0.2, 0.25) is 5.91 Å². The van der Waals surface area contributed by atoms with E-state index in [0.717, 1.165) is 25.7 Å². The van der Waals surface area contributed by atoms with Crippen molar-refractivity contribution >= 4 is 5.91 Å². The van der Waals surface area contributed by atoms with Crippen molar-refractivity contribution in [3.8, 4) is 0 Å². The Morgan fingerprint density at radius 1 is 0.686 bits per heavy atom. The molecule has 12 unspecified atom stereocenters. The normalized spacial score (nSPS) is 31.5. The second-order valence-corrected chi connectivity index (χ2v) is 13.3. The summed E-state index contributed by atoms with van der Waals surface area (Å²) in [5.41, 5.74) is 0. The van der Waals surface area contributed by atoms with E-state index in [-0.39, 0.29) is 18.9 Å². The van der Waals surface area contributed by atoms with Crippen molar-refractivity contribution in [2.45, 2.75) is 171 Å². The van der Waals surface area contributed by atoms with Crippen molar-refractivity contribution in [1.82, 2.24) is 5.32 Å². The predicted molar refractivity (Wildman–Crippen MR) is 189 cm³/mol. The first-order valence-electron chi connectivity index (χ1n) is 18.7. The van der Waals surface area contributed by atoms with E-state index in [2.05, 4.69) is 36.5 Å². The smallest absolute Gasteiger partial charge is 0.220 e. The zero-order chi connectivity index (χ0) is 37.6. The van der Waals surface area contributed by atoms with E-state index >= 15 is 0 Å². The molecule has 2 heterocycles. The lowest BCUT2D eigenvalue weighted by Crippen LogP contribution is -2.65. The number of aliphatic hydroxyl groups is 8. The van der Waals surface area contributed by atoms with E-state index in [0.29, 0.717) is 6.42 Å². The van der Waals surface area contributed by atoms with Crippen molar-refractivity contribution in [3.63, 3.8) is 0 Å². The van der Waals surface area contributed by atoms with Crippen molar-refractivity contribution in [2.24, 2.45) is 0 Å². The molecule has 0 aliphatic carbocycles.